The van der Waals surface area contributed by atoms with E-state index in [-0.39, 0.29) is 17.4 Å². The molecule has 2 aliphatic rings. The number of pyridine rings is 1. The van der Waals surface area contributed by atoms with Gasteiger partial charge >= 0.3 is 0 Å². The van der Waals surface area contributed by atoms with Crippen LogP contribution in [-0.2, 0) is 9.47 Å². The molecule has 0 bridgehead atoms. The van der Waals surface area contributed by atoms with Crippen molar-refractivity contribution in [3.8, 4) is 0 Å². The number of benzene rings is 1. The first-order valence-corrected chi connectivity index (χ1v) is 8.96. The van der Waals surface area contributed by atoms with Gasteiger partial charge in [0.1, 0.15) is 0 Å². The van der Waals surface area contributed by atoms with E-state index in [2.05, 4.69) is 4.98 Å². The summed E-state index contributed by atoms with van der Waals surface area (Å²) in [5, 5.41) is 0.996. The summed E-state index contributed by atoms with van der Waals surface area (Å²) in [6.07, 6.45) is 4.83. The van der Waals surface area contributed by atoms with Gasteiger partial charge < -0.3 is 14.4 Å². The van der Waals surface area contributed by atoms with Gasteiger partial charge in [-0.25, -0.2) is 0 Å². The van der Waals surface area contributed by atoms with Crippen LogP contribution in [0.3, 0.4) is 0 Å². The van der Waals surface area contributed by atoms with Gasteiger partial charge in [-0.05, 0) is 31.4 Å². The third-order valence-corrected chi connectivity index (χ3v) is 5.54. The molecule has 2 unspecified atom stereocenters. The molecular weight excluding hydrogens is 316 g/mol. The lowest BCUT2D eigenvalue weighted by atomic mass is 9.73. The van der Waals surface area contributed by atoms with Crippen molar-refractivity contribution in [1.29, 1.82) is 0 Å². The molecule has 2 saturated heterocycles. The minimum absolute atomic E-state index is 0.0535. The summed E-state index contributed by atoms with van der Waals surface area (Å²) >= 11 is 0. The van der Waals surface area contributed by atoms with Gasteiger partial charge in [-0.15, -0.1) is 0 Å². The number of fused-ring (bicyclic) bond motifs is 2. The molecule has 2 aromatic rings. The summed E-state index contributed by atoms with van der Waals surface area (Å²) < 4.78 is 11.5. The normalized spacial score (nSPS) is 26.4. The Bertz CT molecular complexity index is 774. The van der Waals surface area contributed by atoms with Gasteiger partial charge in [0.15, 0.2) is 0 Å². The summed E-state index contributed by atoms with van der Waals surface area (Å²) in [6.45, 7) is 2.87. The Morgan fingerprint density at radius 3 is 3.20 bits per heavy atom. The molecule has 2 fully saturated rings. The van der Waals surface area contributed by atoms with Crippen LogP contribution in [0, 0.1) is 5.41 Å². The van der Waals surface area contributed by atoms with Gasteiger partial charge in [-0.3, -0.25) is 9.78 Å². The van der Waals surface area contributed by atoms with Gasteiger partial charge in [0.25, 0.3) is 5.91 Å². The molecule has 5 heteroatoms. The molecule has 0 radical (unpaired) electrons. The summed E-state index contributed by atoms with van der Waals surface area (Å²) in [6, 6.07) is 9.82. The fraction of sp³-hybridized carbons (Fsp3) is 0.500. The van der Waals surface area contributed by atoms with Crippen molar-refractivity contribution in [2.75, 3.05) is 33.4 Å². The van der Waals surface area contributed by atoms with Crippen LogP contribution in [0.5, 0.6) is 0 Å². The number of hydrogen-bond acceptors (Lipinski definition) is 4. The number of ether oxygens (including phenoxy) is 2. The van der Waals surface area contributed by atoms with Crippen molar-refractivity contribution in [2.45, 2.75) is 25.4 Å². The number of nitrogens with zero attached hydrogens (tertiary/aromatic N) is 2. The maximum absolute atomic E-state index is 13.1. The molecule has 3 heterocycles. The third-order valence-electron chi connectivity index (χ3n) is 5.54. The fourth-order valence-corrected chi connectivity index (χ4v) is 4.33. The van der Waals surface area contributed by atoms with Crippen LogP contribution < -0.4 is 0 Å². The first-order valence-electron chi connectivity index (χ1n) is 8.96. The smallest absolute Gasteiger partial charge is 0.255 e. The second-order valence-electron chi connectivity index (χ2n) is 7.19. The van der Waals surface area contributed by atoms with Gasteiger partial charge in [0.2, 0.25) is 0 Å². The summed E-state index contributed by atoms with van der Waals surface area (Å²) in [5.74, 6) is 0.0535. The van der Waals surface area contributed by atoms with E-state index in [9.17, 15) is 4.79 Å². The zero-order valence-corrected chi connectivity index (χ0v) is 14.6. The average Bonchev–Trinajstić information content (AvgIpc) is 2.66. The third kappa shape index (κ3) is 3.02. The van der Waals surface area contributed by atoms with E-state index in [1.54, 1.807) is 13.3 Å². The van der Waals surface area contributed by atoms with Crippen molar-refractivity contribution in [3.05, 3.63) is 42.1 Å². The van der Waals surface area contributed by atoms with Crippen LogP contribution in [0.1, 0.15) is 29.6 Å². The number of para-hydroxylation sites is 1. The van der Waals surface area contributed by atoms with E-state index >= 15 is 0 Å². The molecule has 25 heavy (non-hydrogen) atoms. The van der Waals surface area contributed by atoms with Crippen molar-refractivity contribution >= 4 is 16.8 Å². The lowest BCUT2D eigenvalue weighted by molar-refractivity contribution is -0.142. The Kier molecular flexibility index (Phi) is 4.44. The number of amides is 1. The van der Waals surface area contributed by atoms with Crippen molar-refractivity contribution in [1.82, 2.24) is 9.88 Å². The quantitative estimate of drug-likeness (QED) is 0.862. The molecule has 0 N–H and O–H groups in total. The highest BCUT2D eigenvalue weighted by molar-refractivity contribution is 5.97. The molecule has 4 rings (SSSR count). The molecule has 2 atom stereocenters. The Labute approximate surface area is 147 Å². The molecule has 0 saturated carbocycles. The van der Waals surface area contributed by atoms with E-state index in [4.69, 9.17) is 9.47 Å². The lowest BCUT2D eigenvalue weighted by Gasteiger charge is -2.50. The van der Waals surface area contributed by atoms with Gasteiger partial charge in [0.05, 0.1) is 23.8 Å². The summed E-state index contributed by atoms with van der Waals surface area (Å²) in [4.78, 5) is 19.5. The van der Waals surface area contributed by atoms with E-state index < -0.39 is 0 Å². The zero-order chi connectivity index (χ0) is 17.3. The highest BCUT2D eigenvalue weighted by atomic mass is 16.5. The Hall–Kier alpha value is -1.98. The monoisotopic (exact) mass is 340 g/mol. The fourth-order valence-electron chi connectivity index (χ4n) is 4.33. The number of aromatic nitrogens is 1. The average molecular weight is 340 g/mol. The first kappa shape index (κ1) is 16.5. The molecule has 5 nitrogen and oxygen atoms in total. The summed E-state index contributed by atoms with van der Waals surface area (Å²) in [5.41, 5.74) is 1.49. The number of carbonyl (C=O) groups excluding carboxylic acids is 1. The highest BCUT2D eigenvalue weighted by Gasteiger charge is 2.47. The topological polar surface area (TPSA) is 51.7 Å². The number of methoxy groups -OCH3 is 1. The number of rotatable bonds is 3. The predicted molar refractivity (Wildman–Crippen MR) is 95.5 cm³/mol. The van der Waals surface area contributed by atoms with Gasteiger partial charge in [0, 0.05) is 43.8 Å². The predicted octanol–water partition coefficient (Wildman–Crippen LogP) is 2.89. The van der Waals surface area contributed by atoms with Crippen LogP contribution in [0.2, 0.25) is 0 Å². The number of hydrogen-bond donors (Lipinski definition) is 0. The molecule has 1 aromatic heterocycles. The molecular formula is C20H24N2O3. The number of piperidine rings is 1. The van der Waals surface area contributed by atoms with Crippen LogP contribution in [0.25, 0.3) is 10.9 Å². The van der Waals surface area contributed by atoms with Crippen LogP contribution >= 0.6 is 0 Å². The Balaban J connectivity index is 1.58. The van der Waals surface area contributed by atoms with Gasteiger partial charge in [-0.1, -0.05) is 18.2 Å². The standard InChI is InChI=1S/C20H24N2O3/c1-24-14-20-8-4-10-25-18(20)7-9-22(13-20)19(23)16-11-15-5-2-3-6-17(15)21-12-16/h2-3,5-6,11-12,18H,4,7-10,13-14H2,1H3. The minimum Gasteiger partial charge on any atom is -0.384 e. The van der Waals surface area contributed by atoms with Gasteiger partial charge in [-0.2, -0.15) is 0 Å². The van der Waals surface area contributed by atoms with Crippen molar-refractivity contribution < 1.29 is 14.3 Å². The van der Waals surface area contributed by atoms with Crippen molar-refractivity contribution in [3.63, 3.8) is 0 Å². The minimum atomic E-state index is -0.0782. The molecule has 1 amide bonds. The lowest BCUT2D eigenvalue weighted by Crippen LogP contribution is -2.58. The second-order valence-corrected chi connectivity index (χ2v) is 7.19. The zero-order valence-electron chi connectivity index (χ0n) is 14.6. The molecule has 0 aliphatic carbocycles. The van der Waals surface area contributed by atoms with Crippen LogP contribution in [-0.4, -0.2) is 55.3 Å². The molecule has 1 aromatic carbocycles. The van der Waals surface area contributed by atoms with Crippen molar-refractivity contribution in [2.24, 2.45) is 5.41 Å². The maximum Gasteiger partial charge on any atom is 0.255 e. The summed E-state index contributed by atoms with van der Waals surface area (Å²) in [7, 11) is 1.73. The van der Waals surface area contributed by atoms with E-state index in [0.717, 1.165) is 43.3 Å². The van der Waals surface area contributed by atoms with Crippen LogP contribution in [0.15, 0.2) is 36.5 Å². The Morgan fingerprint density at radius 1 is 1.44 bits per heavy atom. The molecule has 0 spiro atoms. The molecule has 2 aliphatic heterocycles. The van der Waals surface area contributed by atoms with Crippen LogP contribution in [0.4, 0.5) is 0 Å². The maximum atomic E-state index is 13.1. The SMILES string of the molecule is COCC12CCCOC1CCN(C(=O)c1cnc3ccccc3c1)C2. The highest BCUT2D eigenvalue weighted by Crippen LogP contribution is 2.40. The number of carbonyl (C=O) groups is 1. The number of likely N-dealkylation sites (tertiary alicyclic amines) is 1. The molecule has 132 valence electrons. The van der Waals surface area contributed by atoms with E-state index in [1.165, 1.54) is 0 Å². The van der Waals surface area contributed by atoms with E-state index in [1.807, 2.05) is 35.2 Å². The Morgan fingerprint density at radius 2 is 2.32 bits per heavy atom. The first-order chi connectivity index (χ1) is 12.2. The largest absolute Gasteiger partial charge is 0.384 e. The van der Waals surface area contributed by atoms with E-state index in [0.29, 0.717) is 18.7 Å². The second kappa shape index (κ2) is 6.73.